The third-order valence-corrected chi connectivity index (χ3v) is 5.50. The van der Waals surface area contributed by atoms with Gasteiger partial charge in [-0.15, -0.1) is 11.3 Å². The number of carbonyl (C=O) groups excluding carboxylic acids is 1. The van der Waals surface area contributed by atoms with Crippen LogP contribution in [0.5, 0.6) is 0 Å². The van der Waals surface area contributed by atoms with E-state index >= 15 is 0 Å². The fraction of sp³-hybridized carbons (Fsp3) is 0.316. The van der Waals surface area contributed by atoms with Crippen LogP contribution < -0.4 is 10.6 Å². The molecule has 1 unspecified atom stereocenters. The lowest BCUT2D eigenvalue weighted by atomic mass is 10.1. The summed E-state index contributed by atoms with van der Waals surface area (Å²) in [6.07, 6.45) is 7.08. The normalized spacial score (nSPS) is 14.2. The molecule has 0 radical (unpaired) electrons. The van der Waals surface area contributed by atoms with E-state index in [-0.39, 0.29) is 5.91 Å². The molecule has 1 aromatic carbocycles. The van der Waals surface area contributed by atoms with Crippen molar-refractivity contribution in [3.8, 4) is 11.3 Å². The van der Waals surface area contributed by atoms with Gasteiger partial charge in [-0.05, 0) is 43.5 Å². The first-order chi connectivity index (χ1) is 12.6. The van der Waals surface area contributed by atoms with Crippen molar-refractivity contribution >= 4 is 22.4 Å². The molecular formula is C19H21N5OS. The molecule has 2 heterocycles. The van der Waals surface area contributed by atoms with Gasteiger partial charge in [0.15, 0.2) is 5.13 Å². The van der Waals surface area contributed by atoms with Crippen LogP contribution in [0, 0.1) is 0 Å². The number of fused-ring (bicyclic) bond motifs is 1. The fourth-order valence-corrected chi connectivity index (χ4v) is 4.13. The summed E-state index contributed by atoms with van der Waals surface area (Å²) in [5.41, 5.74) is 5.71. The molecule has 0 aliphatic heterocycles. The van der Waals surface area contributed by atoms with Gasteiger partial charge in [-0.1, -0.05) is 12.1 Å². The van der Waals surface area contributed by atoms with Gasteiger partial charge >= 0.3 is 0 Å². The Morgan fingerprint density at radius 2 is 2.15 bits per heavy atom. The Balaban J connectivity index is 1.50. The number of nitrogens with one attached hydrogen (secondary N) is 2. The van der Waals surface area contributed by atoms with Crippen molar-refractivity contribution in [2.24, 2.45) is 7.05 Å². The third kappa shape index (κ3) is 3.27. The molecule has 1 atom stereocenters. The molecule has 3 aromatic rings. The highest BCUT2D eigenvalue weighted by atomic mass is 32.1. The molecule has 0 spiro atoms. The van der Waals surface area contributed by atoms with Gasteiger partial charge in [0.2, 0.25) is 5.91 Å². The summed E-state index contributed by atoms with van der Waals surface area (Å²) in [6.45, 7) is 0. The number of carbonyl (C=O) groups is 1. The van der Waals surface area contributed by atoms with Crippen LogP contribution in [0.4, 0.5) is 5.13 Å². The van der Waals surface area contributed by atoms with E-state index < -0.39 is 6.04 Å². The van der Waals surface area contributed by atoms with Crippen LogP contribution in [0.25, 0.3) is 11.3 Å². The molecule has 26 heavy (non-hydrogen) atoms. The van der Waals surface area contributed by atoms with Gasteiger partial charge in [-0.2, -0.15) is 5.10 Å². The molecule has 2 aromatic heterocycles. The average Bonchev–Trinajstić information content (AvgIpc) is 3.36. The Hall–Kier alpha value is -2.51. The number of anilines is 1. The summed E-state index contributed by atoms with van der Waals surface area (Å²) in [7, 11) is 3.59. The second-order valence-electron chi connectivity index (χ2n) is 6.53. The molecule has 0 fully saturated rings. The minimum atomic E-state index is -0.462. The molecule has 1 aliphatic rings. The maximum Gasteiger partial charge on any atom is 0.247 e. The maximum absolute atomic E-state index is 12.6. The van der Waals surface area contributed by atoms with Crippen LogP contribution in [-0.4, -0.2) is 27.7 Å². The van der Waals surface area contributed by atoms with Gasteiger partial charge in [0, 0.05) is 29.8 Å². The average molecular weight is 367 g/mol. The van der Waals surface area contributed by atoms with Gasteiger partial charge in [-0.25, -0.2) is 4.98 Å². The predicted molar refractivity (Wildman–Crippen MR) is 103 cm³/mol. The first-order valence-electron chi connectivity index (χ1n) is 8.68. The molecule has 4 rings (SSSR count). The standard InChI is InChI=1S/C19H21N5OS/c1-20-17(15-9-21-24(2)10-15)18(25)23-19-22-16(11-26-19)14-7-6-12-4-3-5-13(12)8-14/h6-11,17,20H,3-5H2,1-2H3,(H,22,23,25). The predicted octanol–water partition coefficient (Wildman–Crippen LogP) is 2.93. The number of amides is 1. The Bertz CT molecular complexity index is 945. The maximum atomic E-state index is 12.6. The first kappa shape index (κ1) is 16.9. The van der Waals surface area contributed by atoms with Crippen molar-refractivity contribution < 1.29 is 4.79 Å². The Labute approximate surface area is 156 Å². The topological polar surface area (TPSA) is 71.8 Å². The lowest BCUT2D eigenvalue weighted by molar-refractivity contribution is -0.118. The van der Waals surface area contributed by atoms with Crippen LogP contribution in [0.3, 0.4) is 0 Å². The van der Waals surface area contributed by atoms with E-state index in [4.69, 9.17) is 0 Å². The van der Waals surface area contributed by atoms with Crippen molar-refractivity contribution in [1.29, 1.82) is 0 Å². The summed E-state index contributed by atoms with van der Waals surface area (Å²) in [4.78, 5) is 17.2. The number of rotatable bonds is 5. The lowest BCUT2D eigenvalue weighted by Crippen LogP contribution is -2.30. The number of likely N-dealkylation sites (N-methyl/N-ethyl adjacent to an activating group) is 1. The van der Waals surface area contributed by atoms with E-state index in [2.05, 4.69) is 38.9 Å². The van der Waals surface area contributed by atoms with E-state index in [0.29, 0.717) is 5.13 Å². The molecule has 0 bridgehead atoms. The van der Waals surface area contributed by atoms with E-state index in [1.165, 1.54) is 35.3 Å². The van der Waals surface area contributed by atoms with Crippen molar-refractivity contribution in [2.75, 3.05) is 12.4 Å². The van der Waals surface area contributed by atoms with Crippen LogP contribution in [0.15, 0.2) is 36.0 Å². The summed E-state index contributed by atoms with van der Waals surface area (Å²) < 4.78 is 1.68. The highest BCUT2D eigenvalue weighted by Gasteiger charge is 2.21. The molecule has 0 saturated carbocycles. The number of hydrogen-bond acceptors (Lipinski definition) is 5. The number of aromatic nitrogens is 3. The molecule has 7 heteroatoms. The molecule has 1 aliphatic carbocycles. The van der Waals surface area contributed by atoms with Gasteiger partial charge in [-0.3, -0.25) is 9.48 Å². The Kier molecular flexibility index (Phi) is 4.57. The van der Waals surface area contributed by atoms with Crippen LogP contribution in [0.2, 0.25) is 0 Å². The smallest absolute Gasteiger partial charge is 0.247 e. The quantitative estimate of drug-likeness (QED) is 0.727. The van der Waals surface area contributed by atoms with Gasteiger partial charge in [0.25, 0.3) is 0 Å². The second-order valence-corrected chi connectivity index (χ2v) is 7.39. The monoisotopic (exact) mass is 367 g/mol. The minimum absolute atomic E-state index is 0.143. The number of aryl methyl sites for hydroxylation is 3. The summed E-state index contributed by atoms with van der Waals surface area (Å²) in [5.74, 6) is -0.143. The zero-order chi connectivity index (χ0) is 18.1. The third-order valence-electron chi connectivity index (χ3n) is 4.74. The SMILES string of the molecule is CNC(C(=O)Nc1nc(-c2ccc3c(c2)CCC3)cs1)c1cnn(C)c1. The van der Waals surface area contributed by atoms with Crippen LogP contribution in [0.1, 0.15) is 29.2 Å². The second kappa shape index (κ2) is 7.01. The lowest BCUT2D eigenvalue weighted by Gasteiger charge is -2.13. The van der Waals surface area contributed by atoms with Crippen LogP contribution in [-0.2, 0) is 24.7 Å². The summed E-state index contributed by atoms with van der Waals surface area (Å²) in [5, 5.41) is 12.7. The molecule has 1 amide bonds. The summed E-state index contributed by atoms with van der Waals surface area (Å²) in [6, 6.07) is 6.09. The summed E-state index contributed by atoms with van der Waals surface area (Å²) >= 11 is 1.44. The molecule has 6 nitrogen and oxygen atoms in total. The van der Waals surface area contributed by atoms with Gasteiger partial charge in [0.1, 0.15) is 6.04 Å². The number of nitrogens with zero attached hydrogens (tertiary/aromatic N) is 3. The highest BCUT2D eigenvalue weighted by molar-refractivity contribution is 7.14. The van der Waals surface area contributed by atoms with Crippen LogP contribution >= 0.6 is 11.3 Å². The largest absolute Gasteiger partial charge is 0.305 e. The Morgan fingerprint density at radius 3 is 2.92 bits per heavy atom. The van der Waals surface area contributed by atoms with Crippen molar-refractivity contribution in [2.45, 2.75) is 25.3 Å². The van der Waals surface area contributed by atoms with Crippen molar-refractivity contribution in [3.63, 3.8) is 0 Å². The van der Waals surface area contributed by atoms with Gasteiger partial charge < -0.3 is 10.6 Å². The molecule has 134 valence electrons. The van der Waals surface area contributed by atoms with E-state index in [0.717, 1.165) is 23.2 Å². The number of benzene rings is 1. The molecule has 0 saturated heterocycles. The van der Waals surface area contributed by atoms with E-state index in [1.807, 2.05) is 18.6 Å². The van der Waals surface area contributed by atoms with E-state index in [9.17, 15) is 4.79 Å². The zero-order valence-electron chi connectivity index (χ0n) is 14.8. The Morgan fingerprint density at radius 1 is 1.31 bits per heavy atom. The number of thiazole rings is 1. The zero-order valence-corrected chi connectivity index (χ0v) is 15.6. The first-order valence-corrected chi connectivity index (χ1v) is 9.56. The molecular weight excluding hydrogens is 346 g/mol. The highest BCUT2D eigenvalue weighted by Crippen LogP contribution is 2.30. The van der Waals surface area contributed by atoms with Crippen molar-refractivity contribution in [3.05, 3.63) is 52.7 Å². The molecule has 2 N–H and O–H groups in total. The van der Waals surface area contributed by atoms with Gasteiger partial charge in [0.05, 0.1) is 11.9 Å². The van der Waals surface area contributed by atoms with Crippen molar-refractivity contribution in [1.82, 2.24) is 20.1 Å². The number of hydrogen-bond donors (Lipinski definition) is 2. The minimum Gasteiger partial charge on any atom is -0.305 e. The fourth-order valence-electron chi connectivity index (χ4n) is 3.41. The van der Waals surface area contributed by atoms with E-state index in [1.54, 1.807) is 17.9 Å².